The maximum Gasteiger partial charge on any atom is 0.269 e. The van der Waals surface area contributed by atoms with E-state index in [1.54, 1.807) is 6.07 Å². The standard InChI is InChI=1S/C17H25N5O3/c1-3-16(23)21-9-8-14(12-21)20-17(18-4-2)19-11-13-6-5-7-15(10-13)22(24)25/h5-7,10,14H,3-4,8-9,11-12H2,1-2H3,(H2,18,19,20). The van der Waals surface area contributed by atoms with Crippen LogP contribution in [-0.4, -0.2) is 47.4 Å². The van der Waals surface area contributed by atoms with E-state index < -0.39 is 4.92 Å². The van der Waals surface area contributed by atoms with Crippen molar-refractivity contribution in [2.24, 2.45) is 4.99 Å². The zero-order valence-corrected chi connectivity index (χ0v) is 14.7. The lowest BCUT2D eigenvalue weighted by atomic mass is 10.2. The van der Waals surface area contributed by atoms with E-state index in [0.29, 0.717) is 32.0 Å². The fourth-order valence-corrected chi connectivity index (χ4v) is 2.78. The number of likely N-dealkylation sites (tertiary alicyclic amines) is 1. The first kappa shape index (κ1) is 18.7. The Bertz CT molecular complexity index is 647. The van der Waals surface area contributed by atoms with Crippen molar-refractivity contribution in [3.63, 3.8) is 0 Å². The van der Waals surface area contributed by atoms with Crippen molar-refractivity contribution in [2.45, 2.75) is 39.3 Å². The average molecular weight is 347 g/mol. The van der Waals surface area contributed by atoms with Gasteiger partial charge in [-0.05, 0) is 18.9 Å². The number of hydrogen-bond acceptors (Lipinski definition) is 4. The molecule has 1 atom stereocenters. The molecule has 1 aliphatic rings. The number of nitrogens with zero attached hydrogens (tertiary/aromatic N) is 3. The first-order valence-corrected chi connectivity index (χ1v) is 8.59. The van der Waals surface area contributed by atoms with Gasteiger partial charge >= 0.3 is 0 Å². The number of guanidine groups is 1. The van der Waals surface area contributed by atoms with E-state index in [1.807, 2.05) is 24.8 Å². The van der Waals surface area contributed by atoms with Crippen LogP contribution < -0.4 is 10.6 Å². The number of carbonyl (C=O) groups excluding carboxylic acids is 1. The van der Waals surface area contributed by atoms with Crippen molar-refractivity contribution in [1.29, 1.82) is 0 Å². The number of carbonyl (C=O) groups is 1. The van der Waals surface area contributed by atoms with E-state index in [0.717, 1.165) is 18.5 Å². The maximum atomic E-state index is 11.8. The second-order valence-electron chi connectivity index (χ2n) is 5.95. The highest BCUT2D eigenvalue weighted by Gasteiger charge is 2.25. The fraction of sp³-hybridized carbons (Fsp3) is 0.529. The highest BCUT2D eigenvalue weighted by atomic mass is 16.6. The molecular weight excluding hydrogens is 322 g/mol. The minimum absolute atomic E-state index is 0.0650. The Balaban J connectivity index is 1.98. The molecule has 25 heavy (non-hydrogen) atoms. The van der Waals surface area contributed by atoms with Crippen LogP contribution in [-0.2, 0) is 11.3 Å². The van der Waals surface area contributed by atoms with Gasteiger partial charge in [0.1, 0.15) is 0 Å². The van der Waals surface area contributed by atoms with Gasteiger partial charge in [0.25, 0.3) is 5.69 Å². The van der Waals surface area contributed by atoms with Gasteiger partial charge in [0, 0.05) is 44.2 Å². The topological polar surface area (TPSA) is 99.9 Å². The van der Waals surface area contributed by atoms with Crippen LogP contribution in [0.1, 0.15) is 32.3 Å². The summed E-state index contributed by atoms with van der Waals surface area (Å²) in [4.78, 5) is 28.6. The molecular formula is C17H25N5O3. The number of nitro groups is 1. The van der Waals surface area contributed by atoms with Crippen molar-refractivity contribution in [3.05, 3.63) is 39.9 Å². The molecule has 0 saturated carbocycles. The Hall–Kier alpha value is -2.64. The first-order valence-electron chi connectivity index (χ1n) is 8.59. The molecule has 8 nitrogen and oxygen atoms in total. The van der Waals surface area contributed by atoms with Crippen LogP contribution in [0.3, 0.4) is 0 Å². The lowest BCUT2D eigenvalue weighted by Crippen LogP contribution is -2.45. The van der Waals surface area contributed by atoms with Gasteiger partial charge in [0.2, 0.25) is 5.91 Å². The predicted molar refractivity (Wildman–Crippen MR) is 96.3 cm³/mol. The Kier molecular flexibility index (Phi) is 6.73. The molecule has 8 heteroatoms. The lowest BCUT2D eigenvalue weighted by molar-refractivity contribution is -0.384. The van der Waals surface area contributed by atoms with Crippen molar-refractivity contribution in [2.75, 3.05) is 19.6 Å². The van der Waals surface area contributed by atoms with Gasteiger partial charge in [0.15, 0.2) is 5.96 Å². The number of rotatable bonds is 6. The highest BCUT2D eigenvalue weighted by molar-refractivity contribution is 5.80. The molecule has 1 saturated heterocycles. The molecule has 0 bridgehead atoms. The number of nitro benzene ring substituents is 1. The third-order valence-corrected chi connectivity index (χ3v) is 4.07. The molecule has 0 aliphatic carbocycles. The summed E-state index contributed by atoms with van der Waals surface area (Å²) < 4.78 is 0. The number of benzene rings is 1. The monoisotopic (exact) mass is 347 g/mol. The van der Waals surface area contributed by atoms with Gasteiger partial charge in [-0.1, -0.05) is 19.1 Å². The molecule has 1 heterocycles. The Morgan fingerprint density at radius 1 is 1.44 bits per heavy atom. The van der Waals surface area contributed by atoms with E-state index in [1.165, 1.54) is 12.1 Å². The molecule has 1 aromatic rings. The molecule has 1 unspecified atom stereocenters. The van der Waals surface area contributed by atoms with Crippen LogP contribution in [0.2, 0.25) is 0 Å². The molecule has 0 spiro atoms. The van der Waals surface area contributed by atoms with Crippen LogP contribution >= 0.6 is 0 Å². The normalized spacial score (nSPS) is 17.4. The van der Waals surface area contributed by atoms with Crippen LogP contribution in [0.15, 0.2) is 29.3 Å². The van der Waals surface area contributed by atoms with E-state index in [4.69, 9.17) is 0 Å². The van der Waals surface area contributed by atoms with Crippen LogP contribution in [0.5, 0.6) is 0 Å². The van der Waals surface area contributed by atoms with Crippen molar-refractivity contribution in [1.82, 2.24) is 15.5 Å². The van der Waals surface area contributed by atoms with Crippen molar-refractivity contribution < 1.29 is 9.72 Å². The van der Waals surface area contributed by atoms with Gasteiger partial charge in [-0.3, -0.25) is 14.9 Å². The summed E-state index contributed by atoms with van der Waals surface area (Å²) in [5.74, 6) is 0.827. The van der Waals surface area contributed by atoms with Gasteiger partial charge in [-0.25, -0.2) is 4.99 Å². The third kappa shape index (κ3) is 5.44. The van der Waals surface area contributed by atoms with Gasteiger partial charge < -0.3 is 15.5 Å². The van der Waals surface area contributed by atoms with E-state index in [-0.39, 0.29) is 17.6 Å². The predicted octanol–water partition coefficient (Wildman–Crippen LogP) is 1.66. The molecule has 2 rings (SSSR count). The van der Waals surface area contributed by atoms with Gasteiger partial charge in [-0.15, -0.1) is 0 Å². The Labute approximate surface area is 147 Å². The summed E-state index contributed by atoms with van der Waals surface area (Å²) in [5, 5.41) is 17.4. The SMILES string of the molecule is CCNC(=NCc1cccc([N+](=O)[O-])c1)NC1CCN(C(=O)CC)C1. The molecule has 0 radical (unpaired) electrons. The zero-order valence-electron chi connectivity index (χ0n) is 14.7. The molecule has 1 amide bonds. The molecule has 1 aliphatic heterocycles. The lowest BCUT2D eigenvalue weighted by Gasteiger charge is -2.18. The van der Waals surface area contributed by atoms with Crippen molar-refractivity contribution in [3.8, 4) is 0 Å². The van der Waals surface area contributed by atoms with E-state index in [9.17, 15) is 14.9 Å². The highest BCUT2D eigenvalue weighted by Crippen LogP contribution is 2.14. The Morgan fingerprint density at radius 2 is 2.24 bits per heavy atom. The Morgan fingerprint density at radius 3 is 2.92 bits per heavy atom. The van der Waals surface area contributed by atoms with Gasteiger partial charge in [0.05, 0.1) is 11.5 Å². The number of non-ortho nitro benzene ring substituents is 1. The van der Waals surface area contributed by atoms with Crippen LogP contribution in [0.25, 0.3) is 0 Å². The van der Waals surface area contributed by atoms with Crippen molar-refractivity contribution >= 4 is 17.6 Å². The quantitative estimate of drug-likeness (QED) is 0.353. The van der Waals surface area contributed by atoms with Gasteiger partial charge in [-0.2, -0.15) is 0 Å². The summed E-state index contributed by atoms with van der Waals surface area (Å²) in [5.41, 5.74) is 0.843. The minimum Gasteiger partial charge on any atom is -0.357 e. The second kappa shape index (κ2) is 9.00. The number of amides is 1. The third-order valence-electron chi connectivity index (χ3n) is 4.07. The van der Waals surface area contributed by atoms with Crippen LogP contribution in [0, 0.1) is 10.1 Å². The molecule has 1 aromatic carbocycles. The smallest absolute Gasteiger partial charge is 0.269 e. The maximum absolute atomic E-state index is 11.8. The number of nitrogens with one attached hydrogen (secondary N) is 2. The second-order valence-corrected chi connectivity index (χ2v) is 5.95. The summed E-state index contributed by atoms with van der Waals surface area (Å²) in [6.45, 7) is 6.34. The zero-order chi connectivity index (χ0) is 18.2. The summed E-state index contributed by atoms with van der Waals surface area (Å²) in [6.07, 6.45) is 1.40. The summed E-state index contributed by atoms with van der Waals surface area (Å²) >= 11 is 0. The largest absolute Gasteiger partial charge is 0.357 e. The summed E-state index contributed by atoms with van der Waals surface area (Å²) in [7, 11) is 0. The van der Waals surface area contributed by atoms with E-state index in [2.05, 4.69) is 15.6 Å². The van der Waals surface area contributed by atoms with E-state index >= 15 is 0 Å². The molecule has 0 aromatic heterocycles. The first-order chi connectivity index (χ1) is 12.0. The number of aliphatic imine (C=N–C) groups is 1. The fourth-order valence-electron chi connectivity index (χ4n) is 2.78. The van der Waals surface area contributed by atoms with Crippen LogP contribution in [0.4, 0.5) is 5.69 Å². The molecule has 1 fully saturated rings. The molecule has 2 N–H and O–H groups in total. The minimum atomic E-state index is -0.408. The molecule has 136 valence electrons. The average Bonchev–Trinajstić information content (AvgIpc) is 3.08. The number of hydrogen-bond donors (Lipinski definition) is 2. The summed E-state index contributed by atoms with van der Waals surface area (Å²) in [6, 6.07) is 6.64.